The van der Waals surface area contributed by atoms with Crippen molar-refractivity contribution in [2.45, 2.75) is 6.18 Å². The molecule has 8 heteroatoms. The van der Waals surface area contributed by atoms with Crippen LogP contribution in [0.2, 0.25) is 0 Å². The summed E-state index contributed by atoms with van der Waals surface area (Å²) < 4.78 is 36.3. The number of alkyl halides is 3. The molecule has 0 aliphatic carbocycles. The van der Waals surface area contributed by atoms with E-state index >= 15 is 0 Å². The van der Waals surface area contributed by atoms with E-state index in [0.717, 1.165) is 0 Å². The highest BCUT2D eigenvalue weighted by atomic mass is 19.4. The fourth-order valence-electron chi connectivity index (χ4n) is 1.24. The fraction of sp³-hybridized carbons (Fsp3) is 0.0833. The Labute approximate surface area is 112 Å². The number of rotatable bonds is 4. The van der Waals surface area contributed by atoms with Gasteiger partial charge in [-0.2, -0.15) is 13.2 Å². The number of hydrogen-bond donors (Lipinski definition) is 4. The van der Waals surface area contributed by atoms with Crippen molar-refractivity contribution in [2.24, 2.45) is 5.73 Å². The molecular weight excluding hydrogens is 273 g/mol. The van der Waals surface area contributed by atoms with Gasteiger partial charge in [0.25, 0.3) is 0 Å². The standard InChI is InChI=1S/C12H11F3N4O/c13-12(14,15)11(20)19-8-3-1-2-7(6-8)9(16)4-5-10(17)18/h1-6,16H,(H3,17,18)(H,19,20)/b5-4-,16-9?. The van der Waals surface area contributed by atoms with Gasteiger partial charge in [-0.25, -0.2) is 0 Å². The molecule has 5 nitrogen and oxygen atoms in total. The van der Waals surface area contributed by atoms with Crippen LogP contribution in [0.4, 0.5) is 18.9 Å². The summed E-state index contributed by atoms with van der Waals surface area (Å²) in [6.07, 6.45) is -2.58. The van der Waals surface area contributed by atoms with Gasteiger partial charge >= 0.3 is 12.1 Å². The van der Waals surface area contributed by atoms with Crippen LogP contribution in [0.15, 0.2) is 36.4 Å². The van der Waals surface area contributed by atoms with Crippen LogP contribution in [-0.2, 0) is 4.79 Å². The average Bonchev–Trinajstić information content (AvgIpc) is 2.35. The van der Waals surface area contributed by atoms with Gasteiger partial charge in [-0.05, 0) is 24.3 Å². The van der Waals surface area contributed by atoms with Crippen LogP contribution < -0.4 is 11.1 Å². The van der Waals surface area contributed by atoms with Gasteiger partial charge in [0.05, 0.1) is 5.71 Å². The topological polar surface area (TPSA) is 103 Å². The summed E-state index contributed by atoms with van der Waals surface area (Å²) in [5.41, 5.74) is 5.23. The molecule has 1 aromatic rings. The molecule has 1 rings (SSSR count). The minimum Gasteiger partial charge on any atom is -0.384 e. The average molecular weight is 284 g/mol. The van der Waals surface area contributed by atoms with Crippen LogP contribution in [0.5, 0.6) is 0 Å². The number of carbonyl (C=O) groups is 1. The molecule has 0 unspecified atom stereocenters. The number of anilines is 1. The molecule has 0 bridgehead atoms. The molecule has 0 radical (unpaired) electrons. The molecule has 0 atom stereocenters. The molecule has 0 saturated carbocycles. The van der Waals surface area contributed by atoms with Crippen molar-refractivity contribution in [3.8, 4) is 0 Å². The highest BCUT2D eigenvalue weighted by Gasteiger charge is 2.38. The first-order valence-corrected chi connectivity index (χ1v) is 5.29. The fourth-order valence-corrected chi connectivity index (χ4v) is 1.24. The van der Waals surface area contributed by atoms with Crippen molar-refractivity contribution >= 4 is 23.1 Å². The van der Waals surface area contributed by atoms with Gasteiger partial charge in [0.1, 0.15) is 5.84 Å². The van der Waals surface area contributed by atoms with E-state index < -0.39 is 12.1 Å². The minimum absolute atomic E-state index is 0.0525. The van der Waals surface area contributed by atoms with E-state index in [2.05, 4.69) is 0 Å². The third-order valence-electron chi connectivity index (χ3n) is 2.12. The highest BCUT2D eigenvalue weighted by molar-refractivity contribution is 6.10. The van der Waals surface area contributed by atoms with E-state index in [1.807, 2.05) is 0 Å². The molecule has 5 N–H and O–H groups in total. The maximum absolute atomic E-state index is 12.1. The zero-order valence-electron chi connectivity index (χ0n) is 10.1. The molecule has 0 saturated heterocycles. The van der Waals surface area contributed by atoms with Crippen molar-refractivity contribution in [1.29, 1.82) is 10.8 Å². The molecule has 0 aromatic heterocycles. The lowest BCUT2D eigenvalue weighted by atomic mass is 10.1. The van der Waals surface area contributed by atoms with Gasteiger partial charge in [0, 0.05) is 11.3 Å². The molecule has 20 heavy (non-hydrogen) atoms. The Hall–Kier alpha value is -2.64. The first kappa shape index (κ1) is 15.4. The molecule has 0 aliphatic rings. The van der Waals surface area contributed by atoms with Gasteiger partial charge in [0.2, 0.25) is 0 Å². The Balaban J connectivity index is 2.89. The van der Waals surface area contributed by atoms with Crippen LogP contribution in [-0.4, -0.2) is 23.6 Å². The lowest BCUT2D eigenvalue weighted by Gasteiger charge is -2.09. The van der Waals surface area contributed by atoms with Crippen molar-refractivity contribution in [3.63, 3.8) is 0 Å². The van der Waals surface area contributed by atoms with E-state index in [4.69, 9.17) is 16.6 Å². The molecular formula is C12H11F3N4O. The van der Waals surface area contributed by atoms with E-state index in [0.29, 0.717) is 0 Å². The third kappa shape index (κ3) is 4.56. The van der Waals surface area contributed by atoms with Crippen LogP contribution in [0, 0.1) is 10.8 Å². The van der Waals surface area contributed by atoms with Crippen LogP contribution in [0.3, 0.4) is 0 Å². The monoisotopic (exact) mass is 284 g/mol. The summed E-state index contributed by atoms with van der Waals surface area (Å²) in [5.74, 6) is -2.34. The number of nitrogens with two attached hydrogens (primary N) is 1. The number of nitrogens with one attached hydrogen (secondary N) is 3. The number of benzene rings is 1. The maximum atomic E-state index is 12.1. The smallest absolute Gasteiger partial charge is 0.384 e. The molecule has 0 fully saturated rings. The van der Waals surface area contributed by atoms with Crippen molar-refractivity contribution in [3.05, 3.63) is 42.0 Å². The summed E-state index contributed by atoms with van der Waals surface area (Å²) in [7, 11) is 0. The lowest BCUT2D eigenvalue weighted by Crippen LogP contribution is -2.29. The van der Waals surface area contributed by atoms with Gasteiger partial charge in [-0.15, -0.1) is 0 Å². The van der Waals surface area contributed by atoms with Gasteiger partial charge in [-0.3, -0.25) is 10.2 Å². The number of carbonyl (C=O) groups excluding carboxylic acids is 1. The summed E-state index contributed by atoms with van der Waals surface area (Å²) in [6.45, 7) is 0. The lowest BCUT2D eigenvalue weighted by molar-refractivity contribution is -0.167. The number of halogens is 3. The summed E-state index contributed by atoms with van der Waals surface area (Å²) in [4.78, 5) is 10.8. The minimum atomic E-state index is -4.97. The Morgan fingerprint density at radius 3 is 2.45 bits per heavy atom. The van der Waals surface area contributed by atoms with Crippen LogP contribution >= 0.6 is 0 Å². The predicted molar refractivity (Wildman–Crippen MR) is 69.0 cm³/mol. The van der Waals surface area contributed by atoms with E-state index in [9.17, 15) is 18.0 Å². The van der Waals surface area contributed by atoms with Crippen LogP contribution in [0.1, 0.15) is 5.56 Å². The predicted octanol–water partition coefficient (Wildman–Crippen LogP) is 2.05. The summed E-state index contributed by atoms with van der Waals surface area (Å²) in [6, 6.07) is 5.37. The maximum Gasteiger partial charge on any atom is 0.471 e. The Kier molecular flexibility index (Phi) is 4.63. The molecule has 0 heterocycles. The third-order valence-corrected chi connectivity index (χ3v) is 2.12. The first-order valence-electron chi connectivity index (χ1n) is 5.29. The first-order chi connectivity index (χ1) is 9.20. The van der Waals surface area contributed by atoms with Crippen molar-refractivity contribution in [1.82, 2.24) is 0 Å². The number of amides is 1. The Morgan fingerprint density at radius 1 is 1.25 bits per heavy atom. The zero-order valence-corrected chi connectivity index (χ0v) is 10.1. The van der Waals surface area contributed by atoms with Crippen molar-refractivity contribution in [2.75, 3.05) is 5.32 Å². The summed E-state index contributed by atoms with van der Waals surface area (Å²) in [5, 5.41) is 16.3. The zero-order chi connectivity index (χ0) is 15.3. The number of amidine groups is 1. The van der Waals surface area contributed by atoms with Gasteiger partial charge in [-0.1, -0.05) is 12.1 Å². The van der Waals surface area contributed by atoms with E-state index in [1.165, 1.54) is 36.4 Å². The number of allylic oxidation sites excluding steroid dienone is 1. The van der Waals surface area contributed by atoms with E-state index in [1.54, 1.807) is 5.32 Å². The Morgan fingerprint density at radius 2 is 1.90 bits per heavy atom. The second-order valence-corrected chi connectivity index (χ2v) is 3.74. The molecule has 1 aromatic carbocycles. The second-order valence-electron chi connectivity index (χ2n) is 3.74. The molecule has 1 amide bonds. The molecule has 0 aliphatic heterocycles. The molecule has 0 spiro atoms. The van der Waals surface area contributed by atoms with Gasteiger partial charge in [0.15, 0.2) is 0 Å². The summed E-state index contributed by atoms with van der Waals surface area (Å²) >= 11 is 0. The van der Waals surface area contributed by atoms with Crippen molar-refractivity contribution < 1.29 is 18.0 Å². The largest absolute Gasteiger partial charge is 0.471 e. The Bertz CT molecular complexity index is 578. The molecule has 106 valence electrons. The normalized spacial score (nSPS) is 11.3. The quantitative estimate of drug-likeness (QED) is 0.502. The van der Waals surface area contributed by atoms with Crippen LogP contribution in [0.25, 0.3) is 0 Å². The number of hydrogen-bond acceptors (Lipinski definition) is 3. The SMILES string of the molecule is N=C(N)/C=C\C(=N)c1cccc(NC(=O)C(F)(F)F)c1. The second kappa shape index (κ2) is 6.00. The van der Waals surface area contributed by atoms with Gasteiger partial charge < -0.3 is 16.5 Å². The highest BCUT2D eigenvalue weighted by Crippen LogP contribution is 2.19. The van der Waals surface area contributed by atoms with E-state index in [-0.39, 0.29) is 22.8 Å².